The number of hydrogen-bond donors (Lipinski definition) is 2. The SMILES string of the molecule is CNC1(c2cccc(-c3cccnc3)c2)CCN(c2ncnc3[nH]ccc23)CC1. The number of nitrogens with one attached hydrogen (secondary N) is 2. The molecule has 4 heterocycles. The van der Waals surface area contributed by atoms with Crippen molar-refractivity contribution in [3.05, 3.63) is 72.9 Å². The number of aromatic amines is 1. The van der Waals surface area contributed by atoms with Gasteiger partial charge in [-0.3, -0.25) is 4.98 Å². The molecule has 0 amide bonds. The van der Waals surface area contributed by atoms with Crippen LogP contribution in [0.2, 0.25) is 0 Å². The molecule has 1 fully saturated rings. The van der Waals surface area contributed by atoms with Crippen molar-refractivity contribution in [1.29, 1.82) is 0 Å². The van der Waals surface area contributed by atoms with E-state index in [1.165, 1.54) is 11.1 Å². The number of aromatic nitrogens is 4. The van der Waals surface area contributed by atoms with E-state index >= 15 is 0 Å². The Bertz CT molecular complexity index is 1110. The monoisotopic (exact) mass is 384 g/mol. The average molecular weight is 384 g/mol. The van der Waals surface area contributed by atoms with Gasteiger partial charge in [0.15, 0.2) is 0 Å². The summed E-state index contributed by atoms with van der Waals surface area (Å²) in [7, 11) is 2.07. The summed E-state index contributed by atoms with van der Waals surface area (Å²) >= 11 is 0. The second kappa shape index (κ2) is 7.29. The number of fused-ring (bicyclic) bond motifs is 1. The molecule has 0 spiro atoms. The van der Waals surface area contributed by atoms with Gasteiger partial charge in [0, 0.05) is 37.2 Å². The van der Waals surface area contributed by atoms with E-state index in [9.17, 15) is 0 Å². The Kier molecular flexibility index (Phi) is 4.48. The molecule has 0 unspecified atom stereocenters. The fourth-order valence-electron chi connectivity index (χ4n) is 4.42. The molecular weight excluding hydrogens is 360 g/mol. The number of hydrogen-bond acceptors (Lipinski definition) is 5. The molecule has 0 bridgehead atoms. The highest BCUT2D eigenvalue weighted by Gasteiger charge is 2.35. The molecule has 0 aliphatic carbocycles. The molecule has 1 aliphatic rings. The fraction of sp³-hybridized carbons (Fsp3) is 0.261. The summed E-state index contributed by atoms with van der Waals surface area (Å²) in [4.78, 5) is 18.7. The van der Waals surface area contributed by atoms with E-state index < -0.39 is 0 Å². The van der Waals surface area contributed by atoms with E-state index in [0.29, 0.717) is 0 Å². The average Bonchev–Trinajstić information content (AvgIpc) is 3.29. The van der Waals surface area contributed by atoms with E-state index in [2.05, 4.69) is 73.6 Å². The summed E-state index contributed by atoms with van der Waals surface area (Å²) in [5.41, 5.74) is 4.53. The predicted octanol–water partition coefficient (Wildman–Crippen LogP) is 3.74. The van der Waals surface area contributed by atoms with E-state index in [1.807, 2.05) is 24.7 Å². The zero-order valence-corrected chi connectivity index (χ0v) is 16.5. The van der Waals surface area contributed by atoms with E-state index in [4.69, 9.17) is 0 Å². The maximum Gasteiger partial charge on any atom is 0.142 e. The molecular formula is C23H24N6. The van der Waals surface area contributed by atoms with Crippen molar-refractivity contribution in [2.75, 3.05) is 25.0 Å². The number of piperidine rings is 1. The van der Waals surface area contributed by atoms with Crippen LogP contribution in [0.4, 0.5) is 5.82 Å². The lowest BCUT2D eigenvalue weighted by Gasteiger charge is -2.43. The van der Waals surface area contributed by atoms with E-state index in [1.54, 1.807) is 6.33 Å². The quantitative estimate of drug-likeness (QED) is 0.561. The van der Waals surface area contributed by atoms with Crippen LogP contribution >= 0.6 is 0 Å². The highest BCUT2D eigenvalue weighted by Crippen LogP contribution is 2.36. The van der Waals surface area contributed by atoms with Crippen molar-refractivity contribution < 1.29 is 0 Å². The fourth-order valence-corrected chi connectivity index (χ4v) is 4.42. The number of anilines is 1. The highest BCUT2D eigenvalue weighted by atomic mass is 15.2. The lowest BCUT2D eigenvalue weighted by Crippen LogP contribution is -2.50. The van der Waals surface area contributed by atoms with Gasteiger partial charge in [-0.2, -0.15) is 0 Å². The van der Waals surface area contributed by atoms with Gasteiger partial charge in [-0.15, -0.1) is 0 Å². The van der Waals surface area contributed by atoms with Gasteiger partial charge in [0.25, 0.3) is 0 Å². The Hall–Kier alpha value is -3.25. The lowest BCUT2D eigenvalue weighted by atomic mass is 9.80. The van der Waals surface area contributed by atoms with Gasteiger partial charge >= 0.3 is 0 Å². The predicted molar refractivity (Wildman–Crippen MR) is 116 cm³/mol. The number of H-pyrrole nitrogens is 1. The summed E-state index contributed by atoms with van der Waals surface area (Å²) in [6, 6.07) is 15.0. The molecule has 2 N–H and O–H groups in total. The van der Waals surface area contributed by atoms with Crippen molar-refractivity contribution >= 4 is 16.9 Å². The van der Waals surface area contributed by atoms with E-state index in [0.717, 1.165) is 48.3 Å². The third-order valence-electron chi connectivity index (χ3n) is 6.14. The normalized spacial score (nSPS) is 16.2. The molecule has 0 radical (unpaired) electrons. The minimum atomic E-state index is -0.0426. The summed E-state index contributed by atoms with van der Waals surface area (Å²) in [6.45, 7) is 1.88. The molecule has 4 aromatic rings. The summed E-state index contributed by atoms with van der Waals surface area (Å²) in [5, 5.41) is 4.72. The first-order valence-corrected chi connectivity index (χ1v) is 10.0. The molecule has 1 aromatic carbocycles. The first kappa shape index (κ1) is 17.8. The molecule has 29 heavy (non-hydrogen) atoms. The zero-order valence-electron chi connectivity index (χ0n) is 16.5. The molecule has 6 heteroatoms. The third-order valence-corrected chi connectivity index (χ3v) is 6.14. The molecule has 146 valence electrons. The van der Waals surface area contributed by atoms with Crippen LogP contribution in [0.5, 0.6) is 0 Å². The van der Waals surface area contributed by atoms with Crippen LogP contribution in [0, 0.1) is 0 Å². The Labute approximate surface area is 170 Å². The van der Waals surface area contributed by atoms with Crippen molar-refractivity contribution in [3.8, 4) is 11.1 Å². The largest absolute Gasteiger partial charge is 0.356 e. The van der Waals surface area contributed by atoms with E-state index in [-0.39, 0.29) is 5.54 Å². The standard InChI is InChI=1S/C23H24N6/c1-24-23(19-6-2-4-17(14-19)18-5-3-10-25-15-18)8-12-29(13-9-23)22-20-7-11-26-21(20)27-16-28-22/h2-7,10-11,14-16,24H,8-9,12-13H2,1H3,(H,26,27,28). The molecule has 0 atom stereocenters. The maximum absolute atomic E-state index is 4.57. The minimum Gasteiger partial charge on any atom is -0.356 e. The summed E-state index contributed by atoms with van der Waals surface area (Å²) in [5.74, 6) is 1.02. The van der Waals surface area contributed by atoms with Gasteiger partial charge in [0.05, 0.1) is 5.39 Å². The van der Waals surface area contributed by atoms with Gasteiger partial charge < -0.3 is 15.2 Å². The van der Waals surface area contributed by atoms with Gasteiger partial charge in [-0.05, 0) is 54.8 Å². The number of pyridine rings is 1. The van der Waals surface area contributed by atoms with Gasteiger partial charge in [0.1, 0.15) is 17.8 Å². The van der Waals surface area contributed by atoms with Crippen LogP contribution in [0.1, 0.15) is 18.4 Å². The highest BCUT2D eigenvalue weighted by molar-refractivity contribution is 5.87. The molecule has 5 rings (SSSR count). The Morgan fingerprint density at radius 3 is 2.69 bits per heavy atom. The van der Waals surface area contributed by atoms with Crippen LogP contribution in [-0.4, -0.2) is 40.1 Å². The first-order valence-electron chi connectivity index (χ1n) is 10.0. The van der Waals surface area contributed by atoms with Crippen molar-refractivity contribution in [2.24, 2.45) is 0 Å². The Morgan fingerprint density at radius 1 is 1.03 bits per heavy atom. The molecule has 1 saturated heterocycles. The van der Waals surface area contributed by atoms with Crippen molar-refractivity contribution in [2.45, 2.75) is 18.4 Å². The van der Waals surface area contributed by atoms with Crippen LogP contribution in [0.15, 0.2) is 67.4 Å². The number of rotatable bonds is 4. The van der Waals surface area contributed by atoms with Crippen molar-refractivity contribution in [1.82, 2.24) is 25.3 Å². The molecule has 0 saturated carbocycles. The van der Waals surface area contributed by atoms with Crippen LogP contribution in [-0.2, 0) is 5.54 Å². The second-order valence-electron chi connectivity index (χ2n) is 7.58. The van der Waals surface area contributed by atoms with Crippen LogP contribution < -0.4 is 10.2 Å². The minimum absolute atomic E-state index is 0.0426. The van der Waals surface area contributed by atoms with Crippen LogP contribution in [0.3, 0.4) is 0 Å². The molecule has 1 aliphatic heterocycles. The Morgan fingerprint density at radius 2 is 1.90 bits per heavy atom. The summed E-state index contributed by atoms with van der Waals surface area (Å²) < 4.78 is 0. The number of nitrogens with zero attached hydrogens (tertiary/aromatic N) is 4. The number of benzene rings is 1. The second-order valence-corrected chi connectivity index (χ2v) is 7.58. The lowest BCUT2D eigenvalue weighted by molar-refractivity contribution is 0.282. The molecule has 6 nitrogen and oxygen atoms in total. The first-order chi connectivity index (χ1) is 14.3. The zero-order chi connectivity index (χ0) is 19.7. The van der Waals surface area contributed by atoms with Gasteiger partial charge in [0.2, 0.25) is 0 Å². The molecule has 3 aromatic heterocycles. The van der Waals surface area contributed by atoms with Gasteiger partial charge in [-0.1, -0.05) is 24.3 Å². The van der Waals surface area contributed by atoms with Gasteiger partial charge in [-0.25, -0.2) is 9.97 Å². The third kappa shape index (κ3) is 3.15. The summed E-state index contributed by atoms with van der Waals surface area (Å²) in [6.07, 6.45) is 9.32. The smallest absolute Gasteiger partial charge is 0.142 e. The topological polar surface area (TPSA) is 69.7 Å². The Balaban J connectivity index is 1.42. The van der Waals surface area contributed by atoms with Crippen molar-refractivity contribution in [3.63, 3.8) is 0 Å². The maximum atomic E-state index is 4.57. The van der Waals surface area contributed by atoms with Crippen LogP contribution in [0.25, 0.3) is 22.2 Å².